The van der Waals surface area contributed by atoms with Crippen molar-refractivity contribution in [2.45, 2.75) is 33.1 Å². The summed E-state index contributed by atoms with van der Waals surface area (Å²) in [5, 5.41) is 4.27. The van der Waals surface area contributed by atoms with E-state index >= 15 is 0 Å². The molecule has 0 spiro atoms. The molecular weight excluding hydrogens is 284 g/mol. The van der Waals surface area contributed by atoms with Crippen molar-refractivity contribution in [2.24, 2.45) is 7.05 Å². The van der Waals surface area contributed by atoms with Gasteiger partial charge in [0.1, 0.15) is 5.78 Å². The van der Waals surface area contributed by atoms with E-state index in [1.807, 2.05) is 20.9 Å². The van der Waals surface area contributed by atoms with Crippen LogP contribution in [0.3, 0.4) is 0 Å². The van der Waals surface area contributed by atoms with E-state index in [9.17, 15) is 4.79 Å². The molecule has 0 saturated heterocycles. The number of aryl methyl sites for hydroxylation is 2. The van der Waals surface area contributed by atoms with Crippen molar-refractivity contribution < 1.29 is 9.53 Å². The fourth-order valence-corrected chi connectivity index (χ4v) is 2.14. The Kier molecular flexibility index (Phi) is 5.85. The van der Waals surface area contributed by atoms with Crippen molar-refractivity contribution in [3.05, 3.63) is 15.9 Å². The molecule has 1 rings (SSSR count). The van der Waals surface area contributed by atoms with Crippen LogP contribution in [0.4, 0.5) is 0 Å². The molecular formula is C12H19BrN2O2. The van der Waals surface area contributed by atoms with Crippen LogP contribution in [0.5, 0.6) is 0 Å². The first kappa shape index (κ1) is 14.4. The summed E-state index contributed by atoms with van der Waals surface area (Å²) in [5.74, 6) is 0.230. The van der Waals surface area contributed by atoms with Gasteiger partial charge in [0.15, 0.2) is 0 Å². The Morgan fingerprint density at radius 2 is 2.24 bits per heavy atom. The SMILES string of the molecule is CCOCCCC(=O)Cc1c(Br)c(C)nn1C. The van der Waals surface area contributed by atoms with E-state index in [-0.39, 0.29) is 5.78 Å². The first-order valence-corrected chi connectivity index (χ1v) is 6.63. The summed E-state index contributed by atoms with van der Waals surface area (Å²) in [4.78, 5) is 11.8. The molecule has 0 aliphatic rings. The number of halogens is 1. The lowest BCUT2D eigenvalue weighted by Gasteiger charge is -2.03. The maximum Gasteiger partial charge on any atom is 0.138 e. The minimum atomic E-state index is 0.230. The van der Waals surface area contributed by atoms with Gasteiger partial charge in [-0.15, -0.1) is 0 Å². The molecule has 0 aliphatic carbocycles. The minimum Gasteiger partial charge on any atom is -0.382 e. The molecule has 0 atom stereocenters. The highest BCUT2D eigenvalue weighted by Gasteiger charge is 2.13. The van der Waals surface area contributed by atoms with Crippen molar-refractivity contribution in [3.8, 4) is 0 Å². The van der Waals surface area contributed by atoms with Gasteiger partial charge in [-0.3, -0.25) is 9.48 Å². The molecule has 0 aliphatic heterocycles. The number of carbonyl (C=O) groups is 1. The average Bonchev–Trinajstić information content (AvgIpc) is 2.52. The molecule has 96 valence electrons. The Hall–Kier alpha value is -0.680. The molecule has 0 amide bonds. The minimum absolute atomic E-state index is 0.230. The third-order valence-corrected chi connectivity index (χ3v) is 3.61. The molecule has 0 aromatic carbocycles. The number of aromatic nitrogens is 2. The van der Waals surface area contributed by atoms with Crippen LogP contribution in [0, 0.1) is 6.92 Å². The third-order valence-electron chi connectivity index (χ3n) is 2.57. The van der Waals surface area contributed by atoms with E-state index in [2.05, 4.69) is 21.0 Å². The zero-order chi connectivity index (χ0) is 12.8. The van der Waals surface area contributed by atoms with Crippen LogP contribution in [-0.4, -0.2) is 28.8 Å². The molecule has 1 aromatic heterocycles. The molecule has 17 heavy (non-hydrogen) atoms. The summed E-state index contributed by atoms with van der Waals surface area (Å²) in [6, 6.07) is 0. The molecule has 0 saturated carbocycles. The highest BCUT2D eigenvalue weighted by atomic mass is 79.9. The summed E-state index contributed by atoms with van der Waals surface area (Å²) in [5.41, 5.74) is 1.87. The number of nitrogens with zero attached hydrogens (tertiary/aromatic N) is 2. The van der Waals surface area contributed by atoms with Crippen LogP contribution in [0.25, 0.3) is 0 Å². The lowest BCUT2D eigenvalue weighted by Crippen LogP contribution is -2.09. The Bertz CT molecular complexity index is 388. The van der Waals surface area contributed by atoms with E-state index in [1.54, 1.807) is 4.68 Å². The van der Waals surface area contributed by atoms with Crippen molar-refractivity contribution >= 4 is 21.7 Å². The molecule has 5 heteroatoms. The number of rotatable bonds is 7. The van der Waals surface area contributed by atoms with Gasteiger partial charge in [0, 0.05) is 33.1 Å². The molecule has 0 fully saturated rings. The monoisotopic (exact) mass is 302 g/mol. The molecule has 0 unspecified atom stereocenters. The van der Waals surface area contributed by atoms with Gasteiger partial charge < -0.3 is 4.74 Å². The van der Waals surface area contributed by atoms with E-state index in [4.69, 9.17) is 4.74 Å². The lowest BCUT2D eigenvalue weighted by atomic mass is 10.1. The normalized spacial score (nSPS) is 10.8. The van der Waals surface area contributed by atoms with Crippen molar-refractivity contribution in [3.63, 3.8) is 0 Å². The van der Waals surface area contributed by atoms with Crippen molar-refractivity contribution in [2.75, 3.05) is 13.2 Å². The van der Waals surface area contributed by atoms with Gasteiger partial charge in [0.05, 0.1) is 15.9 Å². The molecule has 0 radical (unpaired) electrons. The standard InChI is InChI=1S/C12H19BrN2O2/c1-4-17-7-5-6-10(16)8-11-12(13)9(2)14-15(11)3/h4-8H2,1-3H3. The topological polar surface area (TPSA) is 44.1 Å². The number of carbonyl (C=O) groups excluding carboxylic acids is 1. The maximum atomic E-state index is 11.8. The van der Waals surface area contributed by atoms with Gasteiger partial charge in [-0.25, -0.2) is 0 Å². The van der Waals surface area contributed by atoms with Gasteiger partial charge in [-0.1, -0.05) is 0 Å². The zero-order valence-corrected chi connectivity index (χ0v) is 12.2. The van der Waals surface area contributed by atoms with E-state index in [0.717, 1.165) is 22.3 Å². The first-order valence-electron chi connectivity index (χ1n) is 5.83. The molecule has 1 heterocycles. The fourth-order valence-electron chi connectivity index (χ4n) is 1.66. The van der Waals surface area contributed by atoms with Crippen LogP contribution in [0.1, 0.15) is 31.2 Å². The predicted octanol–water partition coefficient (Wildman–Crippen LogP) is 2.42. The van der Waals surface area contributed by atoms with E-state index in [0.29, 0.717) is 26.1 Å². The highest BCUT2D eigenvalue weighted by Crippen LogP contribution is 2.21. The van der Waals surface area contributed by atoms with Gasteiger partial charge >= 0.3 is 0 Å². The average molecular weight is 303 g/mol. The Balaban J connectivity index is 2.45. The Morgan fingerprint density at radius 1 is 1.53 bits per heavy atom. The third kappa shape index (κ3) is 4.24. The van der Waals surface area contributed by atoms with Gasteiger partial charge in [-0.2, -0.15) is 5.10 Å². The van der Waals surface area contributed by atoms with Crippen LogP contribution >= 0.6 is 15.9 Å². The number of ketones is 1. The summed E-state index contributed by atoms with van der Waals surface area (Å²) in [7, 11) is 1.86. The fraction of sp³-hybridized carbons (Fsp3) is 0.667. The molecule has 0 bridgehead atoms. The second-order valence-corrected chi connectivity index (χ2v) is 4.78. The maximum absolute atomic E-state index is 11.8. The predicted molar refractivity (Wildman–Crippen MR) is 70.1 cm³/mol. The van der Waals surface area contributed by atoms with E-state index in [1.165, 1.54) is 0 Å². The quantitative estimate of drug-likeness (QED) is 0.727. The number of hydrogen-bond acceptors (Lipinski definition) is 3. The van der Waals surface area contributed by atoms with Crippen LogP contribution in [0.2, 0.25) is 0 Å². The molecule has 0 N–H and O–H groups in total. The molecule has 1 aromatic rings. The first-order chi connectivity index (χ1) is 8.06. The van der Waals surface area contributed by atoms with Gasteiger partial charge in [0.25, 0.3) is 0 Å². The number of hydrogen-bond donors (Lipinski definition) is 0. The van der Waals surface area contributed by atoms with Crippen LogP contribution < -0.4 is 0 Å². The molecule has 4 nitrogen and oxygen atoms in total. The number of Topliss-reactive ketones (excluding diaryl/α,β-unsaturated/α-hetero) is 1. The summed E-state index contributed by atoms with van der Waals surface area (Å²) in [6.45, 7) is 5.25. The highest BCUT2D eigenvalue weighted by molar-refractivity contribution is 9.10. The Morgan fingerprint density at radius 3 is 2.76 bits per heavy atom. The largest absolute Gasteiger partial charge is 0.382 e. The second kappa shape index (κ2) is 6.91. The Labute approximate surface area is 110 Å². The second-order valence-electron chi connectivity index (χ2n) is 3.99. The summed E-state index contributed by atoms with van der Waals surface area (Å²) >= 11 is 3.46. The number of ether oxygens (including phenoxy) is 1. The van der Waals surface area contributed by atoms with Gasteiger partial charge in [-0.05, 0) is 36.2 Å². The van der Waals surface area contributed by atoms with Crippen LogP contribution in [0.15, 0.2) is 4.47 Å². The van der Waals surface area contributed by atoms with Crippen LogP contribution in [-0.2, 0) is 23.0 Å². The van der Waals surface area contributed by atoms with E-state index < -0.39 is 0 Å². The van der Waals surface area contributed by atoms with Crippen molar-refractivity contribution in [1.82, 2.24) is 9.78 Å². The van der Waals surface area contributed by atoms with Crippen molar-refractivity contribution in [1.29, 1.82) is 0 Å². The van der Waals surface area contributed by atoms with Gasteiger partial charge in [0.2, 0.25) is 0 Å². The zero-order valence-electron chi connectivity index (χ0n) is 10.6. The summed E-state index contributed by atoms with van der Waals surface area (Å²) in [6.07, 6.45) is 1.79. The lowest BCUT2D eigenvalue weighted by molar-refractivity contribution is -0.118. The summed E-state index contributed by atoms with van der Waals surface area (Å²) < 4.78 is 7.91. The smallest absolute Gasteiger partial charge is 0.138 e.